The smallest absolute Gasteiger partial charge is 0.0613 e. The molecule has 0 heterocycles. The van der Waals surface area contributed by atoms with Crippen LogP contribution in [0, 0.1) is 13.8 Å². The fourth-order valence-corrected chi connectivity index (χ4v) is 6.68. The van der Waals surface area contributed by atoms with E-state index >= 15 is 0 Å². The predicted octanol–water partition coefficient (Wildman–Crippen LogP) is 10.4. The van der Waals surface area contributed by atoms with Crippen LogP contribution in [0.3, 0.4) is 0 Å². The van der Waals surface area contributed by atoms with Crippen molar-refractivity contribution in [3.63, 3.8) is 0 Å². The third-order valence-corrected chi connectivity index (χ3v) is 8.90. The van der Waals surface area contributed by atoms with Crippen molar-refractivity contribution < 1.29 is 0 Å². The number of rotatable bonds is 2. The number of hydrogen-bond acceptors (Lipinski definition) is 0. The molecule has 0 aliphatic heterocycles. The molecule has 0 bridgehead atoms. The highest BCUT2D eigenvalue weighted by Crippen LogP contribution is 2.58. The average molecular weight is 509 g/mol. The van der Waals surface area contributed by atoms with Gasteiger partial charge in [-0.1, -0.05) is 144 Å². The van der Waals surface area contributed by atoms with Crippen molar-refractivity contribution in [3.8, 4) is 11.1 Å². The van der Waals surface area contributed by atoms with Crippen LogP contribution in [0.4, 0.5) is 0 Å². The van der Waals surface area contributed by atoms with Gasteiger partial charge >= 0.3 is 0 Å². The Morgan fingerprint density at radius 2 is 1.08 bits per heavy atom. The molecule has 0 heteroatoms. The van der Waals surface area contributed by atoms with Gasteiger partial charge in [0.15, 0.2) is 0 Å². The Hall–Kier alpha value is -3.64. The zero-order valence-electron chi connectivity index (χ0n) is 24.7. The number of fused-ring (bicyclic) bond motifs is 5. The summed E-state index contributed by atoms with van der Waals surface area (Å²) in [5.41, 5.74) is 13.3. The second-order valence-electron chi connectivity index (χ2n) is 13.6. The lowest BCUT2D eigenvalue weighted by Gasteiger charge is -2.35. The fraction of sp³-hybridized carbons (Fsp3) is 0.282. The summed E-state index contributed by atoms with van der Waals surface area (Å²) in [4.78, 5) is 0. The van der Waals surface area contributed by atoms with Gasteiger partial charge in [-0.25, -0.2) is 0 Å². The molecular weight excluding hydrogens is 468 g/mol. The van der Waals surface area contributed by atoms with Crippen molar-refractivity contribution >= 4 is 10.8 Å². The van der Waals surface area contributed by atoms with Crippen LogP contribution in [0.5, 0.6) is 0 Å². The number of aryl methyl sites for hydroxylation is 2. The summed E-state index contributed by atoms with van der Waals surface area (Å²) < 4.78 is 0. The van der Waals surface area contributed by atoms with Crippen molar-refractivity contribution in [2.75, 3.05) is 0 Å². The Morgan fingerprint density at radius 3 is 1.62 bits per heavy atom. The summed E-state index contributed by atoms with van der Waals surface area (Å²) in [6, 6.07) is 37.5. The molecule has 1 aliphatic carbocycles. The molecule has 0 nitrogen and oxygen atoms in total. The van der Waals surface area contributed by atoms with E-state index in [0.717, 1.165) is 0 Å². The van der Waals surface area contributed by atoms with E-state index in [-0.39, 0.29) is 16.2 Å². The first kappa shape index (κ1) is 25.6. The Morgan fingerprint density at radius 1 is 0.513 bits per heavy atom. The molecule has 39 heavy (non-hydrogen) atoms. The lowest BCUT2D eigenvalue weighted by atomic mass is 9.66. The second kappa shape index (κ2) is 8.68. The molecule has 0 aromatic heterocycles. The summed E-state index contributed by atoms with van der Waals surface area (Å²) >= 11 is 0. The van der Waals surface area contributed by atoms with Gasteiger partial charge < -0.3 is 0 Å². The molecule has 0 spiro atoms. The van der Waals surface area contributed by atoms with E-state index in [1.54, 1.807) is 0 Å². The number of hydrogen-bond donors (Lipinski definition) is 0. The van der Waals surface area contributed by atoms with Crippen LogP contribution in [-0.2, 0) is 16.2 Å². The lowest BCUT2D eigenvalue weighted by molar-refractivity contribution is 0.588. The average Bonchev–Trinajstić information content (AvgIpc) is 3.18. The summed E-state index contributed by atoms with van der Waals surface area (Å²) in [6.07, 6.45) is 0. The Balaban J connectivity index is 1.75. The lowest BCUT2D eigenvalue weighted by Crippen LogP contribution is -2.29. The minimum atomic E-state index is -0.387. The van der Waals surface area contributed by atoms with Crippen molar-refractivity contribution in [3.05, 3.63) is 142 Å². The molecule has 1 aliphatic rings. The van der Waals surface area contributed by atoms with E-state index in [1.807, 2.05) is 0 Å². The van der Waals surface area contributed by atoms with E-state index in [2.05, 4.69) is 152 Å². The topological polar surface area (TPSA) is 0 Å². The highest BCUT2D eigenvalue weighted by atomic mass is 14.5. The van der Waals surface area contributed by atoms with Gasteiger partial charge in [0, 0.05) is 0 Å². The maximum absolute atomic E-state index is 2.44. The van der Waals surface area contributed by atoms with Gasteiger partial charge in [0.25, 0.3) is 0 Å². The summed E-state index contributed by atoms with van der Waals surface area (Å²) in [5, 5.41) is 2.68. The van der Waals surface area contributed by atoms with Crippen LogP contribution < -0.4 is 0 Å². The first-order valence-corrected chi connectivity index (χ1v) is 14.3. The molecular formula is C39H40. The molecule has 0 fully saturated rings. The molecule has 0 radical (unpaired) electrons. The largest absolute Gasteiger partial charge is 0.0713 e. The second-order valence-corrected chi connectivity index (χ2v) is 13.6. The minimum absolute atomic E-state index is 0.107. The zero-order valence-corrected chi connectivity index (χ0v) is 24.7. The normalized spacial score (nSPS) is 14.4. The molecule has 0 amide bonds. The third kappa shape index (κ3) is 3.88. The highest BCUT2D eigenvalue weighted by molar-refractivity contribution is 6.05. The predicted molar refractivity (Wildman–Crippen MR) is 168 cm³/mol. The zero-order chi connectivity index (χ0) is 27.7. The van der Waals surface area contributed by atoms with Crippen molar-refractivity contribution in [1.29, 1.82) is 0 Å². The van der Waals surface area contributed by atoms with Gasteiger partial charge in [-0.2, -0.15) is 0 Å². The first-order valence-electron chi connectivity index (χ1n) is 14.3. The first-order chi connectivity index (χ1) is 18.4. The Labute approximate surface area is 234 Å². The SMILES string of the molecule is Cc1ccc2c(c1)C(c1ccc(C(C)(C)C)cc1)(c1ccc(C(C)(C)C)cc1)c1ccc3c(C)cccc3c1-2. The summed E-state index contributed by atoms with van der Waals surface area (Å²) in [6.45, 7) is 18.2. The molecule has 0 saturated heterocycles. The van der Waals surface area contributed by atoms with Crippen LogP contribution in [0.1, 0.15) is 86.1 Å². The van der Waals surface area contributed by atoms with E-state index < -0.39 is 0 Å². The maximum atomic E-state index is 2.44. The monoisotopic (exact) mass is 508 g/mol. The minimum Gasteiger partial charge on any atom is -0.0613 e. The van der Waals surface area contributed by atoms with Gasteiger partial charge in [0.1, 0.15) is 0 Å². The van der Waals surface area contributed by atoms with Crippen LogP contribution in [0.15, 0.2) is 97.1 Å². The molecule has 0 unspecified atom stereocenters. The van der Waals surface area contributed by atoms with Crippen LogP contribution in [-0.4, -0.2) is 0 Å². The van der Waals surface area contributed by atoms with Gasteiger partial charge in [0.05, 0.1) is 5.41 Å². The van der Waals surface area contributed by atoms with E-state index in [9.17, 15) is 0 Å². The van der Waals surface area contributed by atoms with E-state index in [0.29, 0.717) is 0 Å². The third-order valence-electron chi connectivity index (χ3n) is 8.90. The van der Waals surface area contributed by atoms with Crippen molar-refractivity contribution in [2.24, 2.45) is 0 Å². The molecule has 196 valence electrons. The molecule has 6 rings (SSSR count). The Kier molecular flexibility index (Phi) is 5.71. The maximum Gasteiger partial charge on any atom is 0.0713 e. The quantitative estimate of drug-likeness (QED) is 0.218. The molecule has 0 N–H and O–H groups in total. The van der Waals surface area contributed by atoms with E-state index in [4.69, 9.17) is 0 Å². The molecule has 0 atom stereocenters. The molecule has 0 saturated carbocycles. The number of benzene rings is 5. The summed E-state index contributed by atoms with van der Waals surface area (Å²) in [5.74, 6) is 0. The van der Waals surface area contributed by atoms with E-state index in [1.165, 1.54) is 66.4 Å². The van der Waals surface area contributed by atoms with Crippen LogP contribution >= 0.6 is 0 Å². The van der Waals surface area contributed by atoms with Crippen molar-refractivity contribution in [2.45, 2.75) is 71.6 Å². The van der Waals surface area contributed by atoms with Gasteiger partial charge in [-0.3, -0.25) is 0 Å². The molecule has 5 aromatic carbocycles. The van der Waals surface area contributed by atoms with Gasteiger partial charge in [0.2, 0.25) is 0 Å². The summed E-state index contributed by atoms with van der Waals surface area (Å²) in [7, 11) is 0. The van der Waals surface area contributed by atoms with Gasteiger partial charge in [-0.15, -0.1) is 0 Å². The van der Waals surface area contributed by atoms with Crippen LogP contribution in [0.2, 0.25) is 0 Å². The van der Waals surface area contributed by atoms with Crippen LogP contribution in [0.25, 0.3) is 21.9 Å². The fourth-order valence-electron chi connectivity index (χ4n) is 6.68. The standard InChI is InChI=1S/C39H40/c1-25-12-21-33-35(24-25)39(29-17-13-27(14-18-29)37(3,4)5,30-19-15-28(16-20-30)38(6,7)8)34-23-22-31-26(2)10-9-11-32(31)36(33)34/h9-24H,1-8H3. The Bertz CT molecular complexity index is 1640. The highest BCUT2D eigenvalue weighted by Gasteiger charge is 2.47. The van der Waals surface area contributed by atoms with Crippen molar-refractivity contribution in [1.82, 2.24) is 0 Å². The molecule has 5 aromatic rings. The van der Waals surface area contributed by atoms with Gasteiger partial charge in [-0.05, 0) is 85.5 Å².